The van der Waals surface area contributed by atoms with E-state index in [4.69, 9.17) is 9.05 Å². The number of hydrogen-bond donors (Lipinski definition) is 3. The van der Waals surface area contributed by atoms with Crippen LogP contribution < -0.4 is 5.32 Å². The predicted molar refractivity (Wildman–Crippen MR) is 240 cm³/mol. The lowest BCUT2D eigenvalue weighted by atomic mass is 10.0. The number of allylic oxidation sites excluding steroid dienone is 5. The van der Waals surface area contributed by atoms with Gasteiger partial charge in [-0.2, -0.15) is 0 Å². The Morgan fingerprint density at radius 1 is 0.589 bits per heavy atom. The van der Waals surface area contributed by atoms with Crippen LogP contribution in [-0.4, -0.2) is 73.4 Å². The SMILES string of the molecule is CCC/C=C/CCCCCCCC/C=C/[C@@H](O)[C@H](COP(=O)(O)OCC[N+](C)(C)C)NC(=O)CCCCCCCCCCCCC/C=C/CCCCCCCC. The third-order valence-corrected chi connectivity index (χ3v) is 11.3. The van der Waals surface area contributed by atoms with Crippen molar-refractivity contribution in [3.63, 3.8) is 0 Å². The fourth-order valence-corrected chi connectivity index (χ4v) is 7.30. The summed E-state index contributed by atoms with van der Waals surface area (Å²) in [4.78, 5) is 23.1. The third-order valence-electron chi connectivity index (χ3n) is 10.3. The van der Waals surface area contributed by atoms with Crippen LogP contribution in [-0.2, 0) is 18.4 Å². The molecule has 3 N–H and O–H groups in total. The van der Waals surface area contributed by atoms with Crippen molar-refractivity contribution in [1.29, 1.82) is 0 Å². The zero-order valence-corrected chi connectivity index (χ0v) is 38.3. The monoisotopic (exact) mass is 812 g/mol. The van der Waals surface area contributed by atoms with Crippen molar-refractivity contribution in [3.8, 4) is 0 Å². The standard InChI is InChI=1S/C47H91N2O6P/c1-6-8-10-12-14-16-18-20-21-22-23-24-25-26-27-29-31-33-35-37-39-41-47(51)48-45(44-55-56(52,53)54-43-42-49(3,4)5)46(50)40-38-36-34-32-30-28-19-17-15-13-11-9-7-2/h11,13,20-21,38,40,45-46,50H,6-10,12,14-19,22-37,39,41-44H2,1-5H3,(H-,48,51,52,53)/p+1/b13-11+,21-20+,40-38+/t45-,46+/m0/s1. The Morgan fingerprint density at radius 3 is 1.45 bits per heavy atom. The number of amides is 1. The third kappa shape index (κ3) is 40.9. The number of phosphoric acid groups is 1. The topological polar surface area (TPSA) is 105 Å². The number of aliphatic hydroxyl groups is 1. The van der Waals surface area contributed by atoms with Gasteiger partial charge in [0.2, 0.25) is 5.91 Å². The average Bonchev–Trinajstić information content (AvgIpc) is 3.15. The quantitative estimate of drug-likeness (QED) is 0.0245. The summed E-state index contributed by atoms with van der Waals surface area (Å²) in [5, 5.41) is 13.8. The Morgan fingerprint density at radius 2 is 1.00 bits per heavy atom. The van der Waals surface area contributed by atoms with Gasteiger partial charge < -0.3 is 19.8 Å². The molecule has 1 unspecified atom stereocenters. The Kier molecular flexibility index (Phi) is 38.3. The predicted octanol–water partition coefficient (Wildman–Crippen LogP) is 13.1. The molecule has 0 aliphatic heterocycles. The van der Waals surface area contributed by atoms with Crippen LogP contribution >= 0.6 is 7.82 Å². The van der Waals surface area contributed by atoms with E-state index in [9.17, 15) is 19.4 Å². The lowest BCUT2D eigenvalue weighted by Gasteiger charge is -2.25. The highest BCUT2D eigenvalue weighted by Gasteiger charge is 2.27. The molecule has 0 saturated carbocycles. The maximum absolute atomic E-state index is 12.9. The summed E-state index contributed by atoms with van der Waals surface area (Å²) in [6.45, 7) is 4.75. The Labute approximate surface area is 347 Å². The Bertz CT molecular complexity index is 1010. The molecule has 0 aromatic rings. The Balaban J connectivity index is 4.32. The highest BCUT2D eigenvalue weighted by atomic mass is 31.2. The molecule has 8 nitrogen and oxygen atoms in total. The van der Waals surface area contributed by atoms with Gasteiger partial charge in [0.25, 0.3) is 0 Å². The van der Waals surface area contributed by atoms with Gasteiger partial charge in [0.1, 0.15) is 13.2 Å². The summed E-state index contributed by atoms with van der Waals surface area (Å²) < 4.78 is 23.6. The summed E-state index contributed by atoms with van der Waals surface area (Å²) in [6.07, 6.45) is 47.8. The summed E-state index contributed by atoms with van der Waals surface area (Å²) in [6, 6.07) is -0.848. The summed E-state index contributed by atoms with van der Waals surface area (Å²) in [5.74, 6) is -0.182. The van der Waals surface area contributed by atoms with Gasteiger partial charge in [0, 0.05) is 6.42 Å². The molecule has 330 valence electrons. The van der Waals surface area contributed by atoms with Crippen molar-refractivity contribution in [2.75, 3.05) is 40.9 Å². The number of quaternary nitrogens is 1. The second kappa shape index (κ2) is 39.2. The first kappa shape index (κ1) is 54.7. The van der Waals surface area contributed by atoms with E-state index in [0.717, 1.165) is 38.5 Å². The molecular weight excluding hydrogens is 719 g/mol. The normalized spacial score (nSPS) is 14.6. The van der Waals surface area contributed by atoms with E-state index in [1.165, 1.54) is 148 Å². The maximum Gasteiger partial charge on any atom is 0.472 e. The number of rotatable bonds is 42. The van der Waals surface area contributed by atoms with Crippen LogP contribution in [0, 0.1) is 0 Å². The highest BCUT2D eigenvalue weighted by molar-refractivity contribution is 7.47. The van der Waals surface area contributed by atoms with Crippen LogP contribution in [0.4, 0.5) is 0 Å². The van der Waals surface area contributed by atoms with Crippen LogP contribution in [0.3, 0.4) is 0 Å². The van der Waals surface area contributed by atoms with Crippen LogP contribution in [0.15, 0.2) is 36.5 Å². The molecule has 0 bridgehead atoms. The lowest BCUT2D eigenvalue weighted by molar-refractivity contribution is -0.870. The zero-order chi connectivity index (χ0) is 41.4. The summed E-state index contributed by atoms with van der Waals surface area (Å²) >= 11 is 0. The average molecular weight is 812 g/mol. The maximum atomic E-state index is 12.9. The number of carbonyl (C=O) groups is 1. The second-order valence-electron chi connectivity index (χ2n) is 17.1. The molecule has 0 radical (unpaired) electrons. The summed E-state index contributed by atoms with van der Waals surface area (Å²) in [5.41, 5.74) is 0. The molecule has 0 fully saturated rings. The Hall–Kier alpha value is -1.28. The van der Waals surface area contributed by atoms with Crippen molar-refractivity contribution < 1.29 is 32.9 Å². The van der Waals surface area contributed by atoms with Crippen LogP contribution in [0.1, 0.15) is 206 Å². The van der Waals surface area contributed by atoms with E-state index in [1.54, 1.807) is 6.08 Å². The molecule has 1 amide bonds. The van der Waals surface area contributed by atoms with Gasteiger partial charge in [0.05, 0.1) is 39.9 Å². The molecule has 0 heterocycles. The largest absolute Gasteiger partial charge is 0.472 e. The van der Waals surface area contributed by atoms with Crippen molar-refractivity contribution >= 4 is 13.7 Å². The van der Waals surface area contributed by atoms with E-state index >= 15 is 0 Å². The van der Waals surface area contributed by atoms with Crippen molar-refractivity contribution in [3.05, 3.63) is 36.5 Å². The van der Waals surface area contributed by atoms with Gasteiger partial charge in [-0.05, 0) is 64.2 Å². The molecule has 0 aromatic carbocycles. The molecule has 0 saturated heterocycles. The molecule has 0 rings (SSSR count). The van der Waals surface area contributed by atoms with Gasteiger partial charge in [-0.25, -0.2) is 4.57 Å². The molecule has 56 heavy (non-hydrogen) atoms. The van der Waals surface area contributed by atoms with E-state index in [0.29, 0.717) is 17.4 Å². The second-order valence-corrected chi connectivity index (χ2v) is 18.6. The minimum atomic E-state index is -4.34. The number of unbranched alkanes of at least 4 members (excludes halogenated alkanes) is 25. The molecule has 0 spiro atoms. The van der Waals surface area contributed by atoms with Gasteiger partial charge >= 0.3 is 7.82 Å². The fourth-order valence-electron chi connectivity index (χ4n) is 6.57. The van der Waals surface area contributed by atoms with E-state index in [-0.39, 0.29) is 19.1 Å². The first-order valence-electron chi connectivity index (χ1n) is 23.4. The minimum Gasteiger partial charge on any atom is -0.387 e. The van der Waals surface area contributed by atoms with Crippen LogP contribution in [0.5, 0.6) is 0 Å². The van der Waals surface area contributed by atoms with Gasteiger partial charge in [-0.3, -0.25) is 13.8 Å². The van der Waals surface area contributed by atoms with Crippen LogP contribution in [0.25, 0.3) is 0 Å². The number of carbonyl (C=O) groups excluding carboxylic acids is 1. The fraction of sp³-hybridized carbons (Fsp3) is 0.851. The molecule has 9 heteroatoms. The number of aliphatic hydroxyl groups excluding tert-OH is 1. The highest BCUT2D eigenvalue weighted by Crippen LogP contribution is 2.43. The minimum absolute atomic E-state index is 0.0598. The van der Waals surface area contributed by atoms with Crippen molar-refractivity contribution in [2.45, 2.75) is 219 Å². The van der Waals surface area contributed by atoms with Gasteiger partial charge in [-0.15, -0.1) is 0 Å². The first-order valence-corrected chi connectivity index (χ1v) is 24.9. The van der Waals surface area contributed by atoms with Gasteiger partial charge in [-0.1, -0.05) is 172 Å². The smallest absolute Gasteiger partial charge is 0.387 e. The lowest BCUT2D eigenvalue weighted by Crippen LogP contribution is -2.45. The number of hydrogen-bond acceptors (Lipinski definition) is 5. The number of phosphoric ester groups is 1. The number of nitrogens with zero attached hydrogens (tertiary/aromatic N) is 1. The number of likely N-dealkylation sites (N-methyl/N-ethyl adjacent to an activating group) is 1. The van der Waals surface area contributed by atoms with E-state index < -0.39 is 20.0 Å². The first-order chi connectivity index (χ1) is 27.0. The van der Waals surface area contributed by atoms with E-state index in [1.807, 2.05) is 27.2 Å². The number of nitrogens with one attached hydrogen (secondary N) is 1. The molecule has 3 atom stereocenters. The molecule has 0 aliphatic rings. The van der Waals surface area contributed by atoms with Crippen LogP contribution in [0.2, 0.25) is 0 Å². The molecule has 0 aliphatic carbocycles. The van der Waals surface area contributed by atoms with E-state index in [2.05, 4.69) is 43.5 Å². The zero-order valence-electron chi connectivity index (χ0n) is 37.4. The summed E-state index contributed by atoms with van der Waals surface area (Å²) in [7, 11) is 1.57. The molecular formula is C47H92N2O6P+. The van der Waals surface area contributed by atoms with Crippen molar-refractivity contribution in [2.24, 2.45) is 0 Å². The molecule has 0 aromatic heterocycles. The van der Waals surface area contributed by atoms with Gasteiger partial charge in [0.15, 0.2) is 0 Å². The van der Waals surface area contributed by atoms with Crippen molar-refractivity contribution in [1.82, 2.24) is 5.32 Å².